The van der Waals surface area contributed by atoms with Crippen molar-refractivity contribution < 1.29 is 4.74 Å². The molecule has 0 atom stereocenters. The summed E-state index contributed by atoms with van der Waals surface area (Å²) in [5, 5.41) is 14.5. The number of rotatable bonds is 5. The van der Waals surface area contributed by atoms with Crippen LogP contribution in [0.5, 0.6) is 11.5 Å². The molecule has 0 saturated carbocycles. The van der Waals surface area contributed by atoms with Gasteiger partial charge in [0, 0.05) is 51.4 Å². The molecule has 0 aliphatic carbocycles. The van der Waals surface area contributed by atoms with Crippen molar-refractivity contribution in [1.82, 2.24) is 29.1 Å². The summed E-state index contributed by atoms with van der Waals surface area (Å²) >= 11 is 0. The highest BCUT2D eigenvalue weighted by atomic mass is 16.5. The maximum atomic E-state index is 6.64. The average Bonchev–Trinajstić information content (AvgIpc) is 3.81. The SMILES string of the molecule is Cc1cc(Oc2ccc3c4ccccc4n(-c4cc(-n5c6c(C)c(C)ccc6c6ccc(C)c(C)c65)ccn4)c3c2)cc(-n2nc(C)c(C(C)(C)C)n2)c1. The molecule has 0 aliphatic heterocycles. The van der Waals surface area contributed by atoms with Crippen LogP contribution in [0.4, 0.5) is 0 Å². The summed E-state index contributed by atoms with van der Waals surface area (Å²) in [6.07, 6.45) is 1.93. The lowest BCUT2D eigenvalue weighted by atomic mass is 9.91. The molecule has 0 radical (unpaired) electrons. The predicted molar refractivity (Wildman–Crippen MR) is 221 cm³/mol. The summed E-state index contributed by atoms with van der Waals surface area (Å²) in [7, 11) is 0. The zero-order chi connectivity index (χ0) is 37.6. The largest absolute Gasteiger partial charge is 0.457 e. The number of fused-ring (bicyclic) bond motifs is 6. The van der Waals surface area contributed by atoms with E-state index in [9.17, 15) is 0 Å². The van der Waals surface area contributed by atoms with Gasteiger partial charge in [0.25, 0.3) is 0 Å². The van der Waals surface area contributed by atoms with E-state index in [0.717, 1.165) is 67.4 Å². The Bertz CT molecular complexity index is 2900. The van der Waals surface area contributed by atoms with Gasteiger partial charge in [-0.15, -0.1) is 0 Å². The van der Waals surface area contributed by atoms with Crippen molar-refractivity contribution in [1.29, 1.82) is 0 Å². The zero-order valence-corrected chi connectivity index (χ0v) is 32.4. The van der Waals surface area contributed by atoms with Crippen LogP contribution in [0.15, 0.2) is 103 Å². The quantitative estimate of drug-likeness (QED) is 0.179. The highest BCUT2D eigenvalue weighted by Crippen LogP contribution is 2.39. The Morgan fingerprint density at radius 1 is 0.556 bits per heavy atom. The van der Waals surface area contributed by atoms with Crippen molar-refractivity contribution in [3.05, 3.63) is 142 Å². The number of hydrogen-bond acceptors (Lipinski definition) is 4. The maximum absolute atomic E-state index is 6.64. The fourth-order valence-electron chi connectivity index (χ4n) is 8.14. The number of nitrogens with zero attached hydrogens (tertiary/aromatic N) is 6. The van der Waals surface area contributed by atoms with E-state index in [4.69, 9.17) is 19.9 Å². The van der Waals surface area contributed by atoms with Crippen molar-refractivity contribution in [2.24, 2.45) is 0 Å². The second-order valence-electron chi connectivity index (χ2n) is 15.8. The third-order valence-corrected chi connectivity index (χ3v) is 11.0. The smallest absolute Gasteiger partial charge is 0.139 e. The molecule has 0 spiro atoms. The van der Waals surface area contributed by atoms with Crippen molar-refractivity contribution in [2.75, 3.05) is 0 Å². The number of para-hydroxylation sites is 1. The van der Waals surface area contributed by atoms with Crippen LogP contribution in [-0.2, 0) is 5.41 Å². The number of aromatic nitrogens is 6. The van der Waals surface area contributed by atoms with Crippen LogP contribution in [0, 0.1) is 41.5 Å². The summed E-state index contributed by atoms with van der Waals surface area (Å²) < 4.78 is 11.3. The molecule has 0 fully saturated rings. The molecule has 0 aliphatic rings. The van der Waals surface area contributed by atoms with Gasteiger partial charge in [0.2, 0.25) is 0 Å². The molecule has 0 unspecified atom stereocenters. The van der Waals surface area contributed by atoms with Gasteiger partial charge in [-0.25, -0.2) is 4.98 Å². The average molecular weight is 709 g/mol. The highest BCUT2D eigenvalue weighted by Gasteiger charge is 2.23. The summed E-state index contributed by atoms with van der Waals surface area (Å²) in [4.78, 5) is 6.74. The zero-order valence-electron chi connectivity index (χ0n) is 32.4. The summed E-state index contributed by atoms with van der Waals surface area (Å²) in [6, 6.07) is 34.4. The van der Waals surface area contributed by atoms with Gasteiger partial charge in [-0.05, 0) is 106 Å². The molecule has 5 aromatic carbocycles. The minimum atomic E-state index is -0.104. The first-order valence-corrected chi connectivity index (χ1v) is 18.6. The Balaban J connectivity index is 1.19. The van der Waals surface area contributed by atoms with E-state index in [-0.39, 0.29) is 5.41 Å². The molecule has 0 saturated heterocycles. The first-order chi connectivity index (χ1) is 25.9. The van der Waals surface area contributed by atoms with Crippen LogP contribution >= 0.6 is 0 Å². The molecule has 9 rings (SSSR count). The number of aryl methyl sites for hydroxylation is 6. The Morgan fingerprint density at radius 3 is 1.91 bits per heavy atom. The van der Waals surface area contributed by atoms with Gasteiger partial charge in [-0.1, -0.05) is 63.2 Å². The van der Waals surface area contributed by atoms with E-state index in [1.165, 1.54) is 44.1 Å². The fraction of sp³-hybridized carbons (Fsp3) is 0.213. The lowest BCUT2D eigenvalue weighted by Crippen LogP contribution is -2.14. The molecule has 0 amide bonds. The normalized spacial score (nSPS) is 12.2. The predicted octanol–water partition coefficient (Wildman–Crippen LogP) is 11.8. The molecule has 54 heavy (non-hydrogen) atoms. The Hall–Kier alpha value is -6.21. The van der Waals surface area contributed by atoms with E-state index in [0.29, 0.717) is 0 Å². The fourth-order valence-corrected chi connectivity index (χ4v) is 8.14. The van der Waals surface area contributed by atoms with E-state index in [1.807, 2.05) is 25.3 Å². The number of pyridine rings is 1. The van der Waals surface area contributed by atoms with Crippen LogP contribution in [0.1, 0.15) is 60.0 Å². The lowest BCUT2D eigenvalue weighted by Gasteiger charge is -2.15. The van der Waals surface area contributed by atoms with Crippen LogP contribution in [0.2, 0.25) is 0 Å². The van der Waals surface area contributed by atoms with Gasteiger partial charge in [-0.3, -0.25) is 4.57 Å². The molecule has 4 aromatic heterocycles. The van der Waals surface area contributed by atoms with Gasteiger partial charge >= 0.3 is 0 Å². The minimum absolute atomic E-state index is 0.104. The summed E-state index contributed by atoms with van der Waals surface area (Å²) in [5.74, 6) is 2.30. The van der Waals surface area contributed by atoms with Gasteiger partial charge < -0.3 is 9.30 Å². The van der Waals surface area contributed by atoms with Crippen molar-refractivity contribution in [2.45, 2.75) is 67.7 Å². The number of hydrogen-bond donors (Lipinski definition) is 0. The van der Waals surface area contributed by atoms with E-state index >= 15 is 0 Å². The Labute approximate surface area is 315 Å². The number of benzene rings is 5. The molecule has 0 bridgehead atoms. The standard InChI is InChI=1S/C47H44N6O/c1-27-22-34(53-49-32(6)46(50-53)47(7,8)9)24-36(23-27)54-35-16-19-38-37-12-10-11-13-41(37)52(42(38)26-35)43-25-33(20-21-48-43)51-44-30(4)28(2)14-17-39(44)40-18-15-29(3)31(5)45(40)51/h10-26H,1-9H3. The second kappa shape index (κ2) is 12.2. The van der Waals surface area contributed by atoms with Crippen molar-refractivity contribution in [3.63, 3.8) is 0 Å². The molecule has 7 heteroatoms. The highest BCUT2D eigenvalue weighted by molar-refractivity contribution is 6.12. The third-order valence-electron chi connectivity index (χ3n) is 11.0. The Morgan fingerprint density at radius 2 is 1.22 bits per heavy atom. The van der Waals surface area contributed by atoms with E-state index in [1.54, 1.807) is 4.80 Å². The molecule has 4 heterocycles. The second-order valence-corrected chi connectivity index (χ2v) is 15.8. The Kier molecular flexibility index (Phi) is 7.57. The third kappa shape index (κ3) is 5.29. The van der Waals surface area contributed by atoms with Gasteiger partial charge in [0.05, 0.1) is 44.8 Å². The van der Waals surface area contributed by atoms with Crippen molar-refractivity contribution >= 4 is 43.6 Å². The first kappa shape index (κ1) is 33.6. The topological polar surface area (TPSA) is 62.7 Å². The van der Waals surface area contributed by atoms with Gasteiger partial charge in [0.15, 0.2) is 0 Å². The van der Waals surface area contributed by atoms with Crippen LogP contribution in [-0.4, -0.2) is 29.1 Å². The van der Waals surface area contributed by atoms with Gasteiger partial charge in [0.1, 0.15) is 17.3 Å². The molecular weight excluding hydrogens is 665 g/mol. The summed E-state index contributed by atoms with van der Waals surface area (Å²) in [5.41, 5.74) is 14.5. The van der Waals surface area contributed by atoms with E-state index in [2.05, 4.69) is 149 Å². The monoisotopic (exact) mass is 708 g/mol. The van der Waals surface area contributed by atoms with E-state index < -0.39 is 0 Å². The number of ether oxygens (including phenoxy) is 1. The van der Waals surface area contributed by atoms with Crippen LogP contribution in [0.3, 0.4) is 0 Å². The first-order valence-electron chi connectivity index (χ1n) is 18.6. The molecule has 9 aromatic rings. The van der Waals surface area contributed by atoms with Crippen LogP contribution < -0.4 is 4.74 Å². The summed E-state index contributed by atoms with van der Waals surface area (Å²) in [6.45, 7) is 19.4. The minimum Gasteiger partial charge on any atom is -0.457 e. The van der Waals surface area contributed by atoms with Crippen LogP contribution in [0.25, 0.3) is 60.8 Å². The molecular formula is C47H44N6O. The van der Waals surface area contributed by atoms with Gasteiger partial charge in [-0.2, -0.15) is 15.0 Å². The molecule has 268 valence electrons. The maximum Gasteiger partial charge on any atom is 0.139 e. The molecule has 0 N–H and O–H groups in total. The molecule has 7 nitrogen and oxygen atoms in total. The van der Waals surface area contributed by atoms with Crippen molar-refractivity contribution in [3.8, 4) is 28.7 Å². The lowest BCUT2D eigenvalue weighted by molar-refractivity contribution is 0.482.